The quantitative estimate of drug-likeness (QED) is 0.597. The first-order chi connectivity index (χ1) is 6.43. The van der Waals surface area contributed by atoms with Crippen LogP contribution in [0.25, 0.3) is 0 Å². The molecule has 0 bridgehead atoms. The first kappa shape index (κ1) is 5.91. The molecule has 0 amide bonds. The fourth-order valence-corrected chi connectivity index (χ4v) is 1.70. The van der Waals surface area contributed by atoms with Crippen molar-refractivity contribution >= 4 is 0 Å². The maximum Gasteiger partial charge on any atom is 0.220 e. The summed E-state index contributed by atoms with van der Waals surface area (Å²) >= 11 is 0. The molecular weight excluding hydrogens is 168 g/mol. The van der Waals surface area contributed by atoms with Crippen LogP contribution in [-0.2, 0) is 14.2 Å². The van der Waals surface area contributed by atoms with E-state index in [1.807, 2.05) is 12.2 Å². The van der Waals surface area contributed by atoms with Gasteiger partial charge in [-0.1, -0.05) is 12.2 Å². The summed E-state index contributed by atoms with van der Waals surface area (Å²) in [6.45, 7) is 0. The van der Waals surface area contributed by atoms with Gasteiger partial charge in [0.2, 0.25) is 17.6 Å². The zero-order valence-electron chi connectivity index (χ0n) is 6.74. The molecule has 0 aromatic heterocycles. The second kappa shape index (κ2) is 1.66. The highest BCUT2D eigenvalue weighted by Crippen LogP contribution is 2.57. The lowest BCUT2D eigenvalue weighted by Crippen LogP contribution is -1.97. The van der Waals surface area contributed by atoms with E-state index >= 15 is 0 Å². The molecular formula is C10H6O3. The molecule has 0 saturated carbocycles. The molecule has 0 N–H and O–H groups in total. The van der Waals surface area contributed by atoms with Gasteiger partial charge in [0.05, 0.1) is 0 Å². The molecule has 1 atom stereocenters. The van der Waals surface area contributed by atoms with E-state index in [0.717, 1.165) is 35.2 Å². The third-order valence-electron chi connectivity index (χ3n) is 2.46. The van der Waals surface area contributed by atoms with E-state index in [9.17, 15) is 0 Å². The van der Waals surface area contributed by atoms with E-state index in [2.05, 4.69) is 6.08 Å². The van der Waals surface area contributed by atoms with Crippen LogP contribution in [0.3, 0.4) is 0 Å². The van der Waals surface area contributed by atoms with Crippen molar-refractivity contribution in [3.05, 3.63) is 47.0 Å². The molecule has 1 unspecified atom stereocenters. The van der Waals surface area contributed by atoms with E-state index in [-0.39, 0.29) is 6.10 Å². The fraction of sp³-hybridized carbons (Fsp3) is 0.200. The summed E-state index contributed by atoms with van der Waals surface area (Å²) in [5.74, 6) is 4.58. The molecule has 2 aliphatic heterocycles. The Kier molecular flexibility index (Phi) is 0.757. The molecule has 2 heterocycles. The van der Waals surface area contributed by atoms with Crippen LogP contribution < -0.4 is 0 Å². The normalized spacial score (nSPS) is 30.8. The predicted molar refractivity (Wildman–Crippen MR) is 42.9 cm³/mol. The standard InChI is InChI=1S/C10H6O3/c1-2-4-5(3-1)11-6-7-9(12-7)10-8(6)13-10/h1-3,7H,4H2. The molecule has 0 aromatic rings. The first-order valence-electron chi connectivity index (χ1n) is 4.30. The van der Waals surface area contributed by atoms with Gasteiger partial charge in [-0.25, -0.2) is 0 Å². The van der Waals surface area contributed by atoms with Crippen molar-refractivity contribution in [1.82, 2.24) is 0 Å². The van der Waals surface area contributed by atoms with Crippen LogP contribution in [0.5, 0.6) is 0 Å². The van der Waals surface area contributed by atoms with Crippen molar-refractivity contribution in [2.24, 2.45) is 0 Å². The second-order valence-corrected chi connectivity index (χ2v) is 3.35. The van der Waals surface area contributed by atoms with Gasteiger partial charge < -0.3 is 14.2 Å². The largest absolute Gasteiger partial charge is 0.470 e. The molecule has 2 aliphatic carbocycles. The van der Waals surface area contributed by atoms with E-state index in [1.54, 1.807) is 0 Å². The van der Waals surface area contributed by atoms with Gasteiger partial charge in [-0.2, -0.15) is 0 Å². The highest BCUT2D eigenvalue weighted by Gasteiger charge is 2.60. The average Bonchev–Trinajstić information content (AvgIpc) is 3.00. The van der Waals surface area contributed by atoms with Gasteiger partial charge in [-0.05, 0) is 6.08 Å². The van der Waals surface area contributed by atoms with Crippen molar-refractivity contribution in [3.63, 3.8) is 0 Å². The smallest absolute Gasteiger partial charge is 0.220 e. The molecule has 0 aromatic carbocycles. The van der Waals surface area contributed by atoms with Crippen molar-refractivity contribution in [2.45, 2.75) is 12.5 Å². The highest BCUT2D eigenvalue weighted by molar-refractivity contribution is 5.56. The molecule has 4 rings (SSSR count). The summed E-state index contributed by atoms with van der Waals surface area (Å²) in [5.41, 5.74) is 0. The Labute approximate surface area is 74.6 Å². The number of hydrogen-bond acceptors (Lipinski definition) is 3. The third kappa shape index (κ3) is 0.651. The molecule has 2 saturated heterocycles. The lowest BCUT2D eigenvalue weighted by Gasteiger charge is -2.04. The van der Waals surface area contributed by atoms with Crippen molar-refractivity contribution in [3.8, 4) is 0 Å². The number of fused-ring (bicyclic) bond motifs is 2. The van der Waals surface area contributed by atoms with Crippen LogP contribution in [0.4, 0.5) is 0 Å². The van der Waals surface area contributed by atoms with Crippen LogP contribution in [0.15, 0.2) is 47.0 Å². The number of ether oxygens (including phenoxy) is 3. The number of rotatable bonds is 2. The van der Waals surface area contributed by atoms with Gasteiger partial charge in [0, 0.05) is 6.42 Å². The first-order valence-corrected chi connectivity index (χ1v) is 4.30. The lowest BCUT2D eigenvalue weighted by atomic mass is 10.4. The number of epoxide rings is 2. The third-order valence-corrected chi connectivity index (χ3v) is 2.46. The minimum atomic E-state index is 0.0836. The summed E-state index contributed by atoms with van der Waals surface area (Å²) in [7, 11) is 0. The molecule has 3 heteroatoms. The van der Waals surface area contributed by atoms with Gasteiger partial charge >= 0.3 is 0 Å². The molecule has 3 nitrogen and oxygen atoms in total. The molecule has 0 spiro atoms. The molecule has 4 aliphatic rings. The topological polar surface area (TPSA) is 34.3 Å². The van der Waals surface area contributed by atoms with Crippen molar-refractivity contribution < 1.29 is 14.2 Å². The summed E-state index contributed by atoms with van der Waals surface area (Å²) in [6.07, 6.45) is 6.98. The van der Waals surface area contributed by atoms with Crippen LogP contribution >= 0.6 is 0 Å². The Morgan fingerprint density at radius 2 is 2.38 bits per heavy atom. The molecule has 2 fully saturated rings. The zero-order chi connectivity index (χ0) is 8.41. The molecule has 64 valence electrons. The summed E-state index contributed by atoms with van der Waals surface area (Å²) in [4.78, 5) is 0. The Morgan fingerprint density at radius 3 is 3.08 bits per heavy atom. The van der Waals surface area contributed by atoms with E-state index < -0.39 is 0 Å². The monoisotopic (exact) mass is 174 g/mol. The van der Waals surface area contributed by atoms with Gasteiger partial charge in [0.1, 0.15) is 5.76 Å². The second-order valence-electron chi connectivity index (χ2n) is 3.35. The van der Waals surface area contributed by atoms with Crippen LogP contribution in [0.2, 0.25) is 0 Å². The summed E-state index contributed by atoms with van der Waals surface area (Å²) in [5, 5.41) is 0. The van der Waals surface area contributed by atoms with Crippen molar-refractivity contribution in [2.75, 3.05) is 0 Å². The van der Waals surface area contributed by atoms with Gasteiger partial charge in [-0.3, -0.25) is 0 Å². The average molecular weight is 174 g/mol. The number of allylic oxidation sites excluding steroid dienone is 3. The Morgan fingerprint density at radius 1 is 1.38 bits per heavy atom. The maximum absolute atomic E-state index is 5.67. The zero-order valence-corrected chi connectivity index (χ0v) is 6.74. The van der Waals surface area contributed by atoms with Crippen LogP contribution in [-0.4, -0.2) is 6.10 Å². The van der Waals surface area contributed by atoms with Crippen LogP contribution in [0, 0.1) is 0 Å². The minimum absolute atomic E-state index is 0.0836. The molecule has 0 radical (unpaired) electrons. The molecule has 13 heavy (non-hydrogen) atoms. The van der Waals surface area contributed by atoms with Gasteiger partial charge in [-0.15, -0.1) is 0 Å². The van der Waals surface area contributed by atoms with Crippen LogP contribution in [0.1, 0.15) is 6.42 Å². The van der Waals surface area contributed by atoms with E-state index in [1.165, 1.54) is 0 Å². The maximum atomic E-state index is 5.67. The highest BCUT2D eigenvalue weighted by atomic mass is 16.7. The Bertz CT molecular complexity index is 437. The summed E-state index contributed by atoms with van der Waals surface area (Å²) in [6, 6.07) is 0. The minimum Gasteiger partial charge on any atom is -0.470 e. The summed E-state index contributed by atoms with van der Waals surface area (Å²) < 4.78 is 16.1. The lowest BCUT2D eigenvalue weighted by molar-refractivity contribution is 0.251. The van der Waals surface area contributed by atoms with E-state index in [4.69, 9.17) is 14.2 Å². The van der Waals surface area contributed by atoms with Crippen molar-refractivity contribution in [1.29, 1.82) is 0 Å². The fourth-order valence-electron chi connectivity index (χ4n) is 1.70. The predicted octanol–water partition coefficient (Wildman–Crippen LogP) is 1.71. The Hall–Kier alpha value is -1.64. The van der Waals surface area contributed by atoms with Gasteiger partial charge in [0.25, 0.3) is 0 Å². The number of hydrogen-bond donors (Lipinski definition) is 0. The van der Waals surface area contributed by atoms with E-state index in [0.29, 0.717) is 0 Å². The van der Waals surface area contributed by atoms with Gasteiger partial charge in [0.15, 0.2) is 11.5 Å². The SMILES string of the molecule is C1=CCC(OC2=C3OC3=C3OC23)=C1. The Balaban J connectivity index is 1.62.